The lowest BCUT2D eigenvalue weighted by Crippen LogP contribution is -2.30. The zero-order chi connectivity index (χ0) is 10.8. The van der Waals surface area contributed by atoms with Crippen molar-refractivity contribution in [1.82, 2.24) is 5.32 Å². The zero-order valence-corrected chi connectivity index (χ0v) is 9.40. The summed E-state index contributed by atoms with van der Waals surface area (Å²) in [6.07, 6.45) is 2.72. The Morgan fingerprint density at radius 1 is 1.33 bits per heavy atom. The molecule has 1 fully saturated rings. The fraction of sp³-hybridized carbons (Fsp3) is 0.538. The molecule has 1 aromatic rings. The lowest BCUT2D eigenvalue weighted by molar-refractivity contribution is 0.437. The minimum Gasteiger partial charge on any atom is -0.508 e. The molecule has 1 aliphatic carbocycles. The van der Waals surface area contributed by atoms with E-state index < -0.39 is 0 Å². The first kappa shape index (κ1) is 10.5. The number of hydrogen-bond donors (Lipinski definition) is 2. The van der Waals surface area contributed by atoms with Gasteiger partial charge in [-0.3, -0.25) is 0 Å². The Morgan fingerprint density at radius 2 is 2.07 bits per heavy atom. The second kappa shape index (κ2) is 4.23. The lowest BCUT2D eigenvalue weighted by Gasteiger charge is -2.20. The van der Waals surface area contributed by atoms with Crippen LogP contribution in [0.1, 0.15) is 38.3 Å². The molecule has 0 heterocycles. The van der Waals surface area contributed by atoms with E-state index in [-0.39, 0.29) is 0 Å². The van der Waals surface area contributed by atoms with Gasteiger partial charge in [-0.15, -0.1) is 0 Å². The van der Waals surface area contributed by atoms with Crippen LogP contribution in [-0.4, -0.2) is 11.1 Å². The van der Waals surface area contributed by atoms with Gasteiger partial charge in [0, 0.05) is 12.1 Å². The van der Waals surface area contributed by atoms with Gasteiger partial charge in [-0.1, -0.05) is 12.1 Å². The largest absolute Gasteiger partial charge is 0.508 e. The highest BCUT2D eigenvalue weighted by Gasteiger charge is 2.28. The van der Waals surface area contributed by atoms with Gasteiger partial charge in [0.15, 0.2) is 0 Å². The maximum atomic E-state index is 9.39. The monoisotopic (exact) mass is 205 g/mol. The van der Waals surface area contributed by atoms with E-state index in [1.807, 2.05) is 12.1 Å². The Balaban J connectivity index is 1.97. The standard InChI is InChI=1S/C13H19NO/c1-9(11-6-7-11)14-10(2)12-4-3-5-13(15)8-12/h3-5,8-11,14-15H,6-7H2,1-2H3. The van der Waals surface area contributed by atoms with Gasteiger partial charge in [0.25, 0.3) is 0 Å². The first-order valence-corrected chi connectivity index (χ1v) is 5.72. The van der Waals surface area contributed by atoms with Crippen molar-refractivity contribution in [3.63, 3.8) is 0 Å². The summed E-state index contributed by atoms with van der Waals surface area (Å²) in [5, 5.41) is 13.0. The molecule has 1 aliphatic rings. The molecule has 1 aromatic carbocycles. The summed E-state index contributed by atoms with van der Waals surface area (Å²) in [5.41, 5.74) is 1.16. The van der Waals surface area contributed by atoms with E-state index in [1.165, 1.54) is 12.8 Å². The van der Waals surface area contributed by atoms with E-state index in [0.29, 0.717) is 17.8 Å². The van der Waals surface area contributed by atoms with Gasteiger partial charge in [-0.05, 0) is 50.3 Å². The molecule has 2 atom stereocenters. The molecule has 2 heteroatoms. The van der Waals surface area contributed by atoms with Gasteiger partial charge in [-0.25, -0.2) is 0 Å². The maximum Gasteiger partial charge on any atom is 0.115 e. The van der Waals surface area contributed by atoms with Crippen molar-refractivity contribution in [2.45, 2.75) is 38.8 Å². The molecule has 0 saturated heterocycles. The van der Waals surface area contributed by atoms with Crippen molar-refractivity contribution >= 4 is 0 Å². The lowest BCUT2D eigenvalue weighted by atomic mass is 10.1. The topological polar surface area (TPSA) is 32.3 Å². The normalized spacial score (nSPS) is 19.9. The zero-order valence-electron chi connectivity index (χ0n) is 9.40. The summed E-state index contributed by atoms with van der Waals surface area (Å²) < 4.78 is 0. The molecule has 2 N–H and O–H groups in total. The minimum atomic E-state index is 0.313. The molecular formula is C13H19NO. The summed E-state index contributed by atoms with van der Waals surface area (Å²) in [6, 6.07) is 8.38. The van der Waals surface area contributed by atoms with Crippen LogP contribution < -0.4 is 5.32 Å². The molecule has 0 spiro atoms. The third-order valence-corrected chi connectivity index (χ3v) is 3.21. The Bertz CT molecular complexity index is 333. The van der Waals surface area contributed by atoms with Crippen LogP contribution in [0.4, 0.5) is 0 Å². The van der Waals surface area contributed by atoms with Crippen LogP contribution >= 0.6 is 0 Å². The van der Waals surface area contributed by atoms with Crippen molar-refractivity contribution in [3.8, 4) is 5.75 Å². The fourth-order valence-corrected chi connectivity index (χ4v) is 2.02. The molecule has 0 aliphatic heterocycles. The van der Waals surface area contributed by atoms with E-state index in [4.69, 9.17) is 0 Å². The van der Waals surface area contributed by atoms with E-state index in [1.54, 1.807) is 6.07 Å². The van der Waals surface area contributed by atoms with E-state index >= 15 is 0 Å². The second-order valence-corrected chi connectivity index (χ2v) is 4.61. The third kappa shape index (κ3) is 2.72. The average Bonchev–Trinajstić information content (AvgIpc) is 3.00. The summed E-state index contributed by atoms with van der Waals surface area (Å²) in [4.78, 5) is 0. The van der Waals surface area contributed by atoms with Gasteiger partial charge >= 0.3 is 0 Å². The van der Waals surface area contributed by atoms with Crippen molar-refractivity contribution in [3.05, 3.63) is 29.8 Å². The van der Waals surface area contributed by atoms with Crippen LogP contribution in [0, 0.1) is 5.92 Å². The summed E-state index contributed by atoms with van der Waals surface area (Å²) in [5.74, 6) is 1.21. The molecule has 1 saturated carbocycles. The Kier molecular flexibility index (Phi) is 2.96. The molecule has 82 valence electrons. The highest BCUT2D eigenvalue weighted by Crippen LogP contribution is 2.33. The molecule has 15 heavy (non-hydrogen) atoms. The predicted octanol–water partition coefficient (Wildman–Crippen LogP) is 2.84. The van der Waals surface area contributed by atoms with E-state index in [9.17, 15) is 5.11 Å². The minimum absolute atomic E-state index is 0.313. The predicted molar refractivity (Wildman–Crippen MR) is 61.8 cm³/mol. The van der Waals surface area contributed by atoms with Crippen molar-refractivity contribution in [2.75, 3.05) is 0 Å². The molecule has 2 nitrogen and oxygen atoms in total. The molecule has 0 radical (unpaired) electrons. The van der Waals surface area contributed by atoms with Gasteiger partial charge < -0.3 is 10.4 Å². The van der Waals surface area contributed by atoms with Crippen molar-refractivity contribution < 1.29 is 5.11 Å². The van der Waals surface area contributed by atoms with Crippen LogP contribution in [-0.2, 0) is 0 Å². The van der Waals surface area contributed by atoms with Crippen molar-refractivity contribution in [2.24, 2.45) is 5.92 Å². The van der Waals surface area contributed by atoms with E-state index in [2.05, 4.69) is 25.2 Å². The molecule has 2 unspecified atom stereocenters. The number of benzene rings is 1. The summed E-state index contributed by atoms with van der Waals surface area (Å²) in [6.45, 7) is 4.39. The van der Waals surface area contributed by atoms with Crippen LogP contribution in [0.2, 0.25) is 0 Å². The molecule has 0 aromatic heterocycles. The quantitative estimate of drug-likeness (QED) is 0.792. The smallest absolute Gasteiger partial charge is 0.115 e. The van der Waals surface area contributed by atoms with Crippen molar-refractivity contribution in [1.29, 1.82) is 0 Å². The highest BCUT2D eigenvalue weighted by atomic mass is 16.3. The van der Waals surface area contributed by atoms with Gasteiger partial charge in [0.1, 0.15) is 5.75 Å². The number of phenolic OH excluding ortho intramolecular Hbond substituents is 1. The maximum absolute atomic E-state index is 9.39. The second-order valence-electron chi connectivity index (χ2n) is 4.61. The Hall–Kier alpha value is -1.02. The first-order chi connectivity index (χ1) is 7.16. The number of hydrogen-bond acceptors (Lipinski definition) is 2. The molecule has 2 rings (SSSR count). The number of nitrogens with one attached hydrogen (secondary N) is 1. The molecule has 0 bridgehead atoms. The number of phenols is 1. The van der Waals surface area contributed by atoms with E-state index in [0.717, 1.165) is 11.5 Å². The molecule has 0 amide bonds. The molecular weight excluding hydrogens is 186 g/mol. The SMILES string of the molecule is CC(NC(C)C1CC1)c1cccc(O)c1. The summed E-state index contributed by atoms with van der Waals surface area (Å²) in [7, 11) is 0. The van der Waals surface area contributed by atoms with Gasteiger partial charge in [0.2, 0.25) is 0 Å². The Labute approximate surface area is 91.3 Å². The van der Waals surface area contributed by atoms with Crippen LogP contribution in [0.3, 0.4) is 0 Å². The summed E-state index contributed by atoms with van der Waals surface area (Å²) >= 11 is 0. The fourth-order valence-electron chi connectivity index (χ4n) is 2.02. The Morgan fingerprint density at radius 3 is 2.67 bits per heavy atom. The third-order valence-electron chi connectivity index (χ3n) is 3.21. The van der Waals surface area contributed by atoms with Gasteiger partial charge in [-0.2, -0.15) is 0 Å². The number of aromatic hydroxyl groups is 1. The van der Waals surface area contributed by atoms with Crippen LogP contribution in [0.15, 0.2) is 24.3 Å². The van der Waals surface area contributed by atoms with Gasteiger partial charge in [0.05, 0.1) is 0 Å². The average molecular weight is 205 g/mol. The van der Waals surface area contributed by atoms with Crippen LogP contribution in [0.5, 0.6) is 5.75 Å². The highest BCUT2D eigenvalue weighted by molar-refractivity contribution is 5.29. The van der Waals surface area contributed by atoms with Crippen LogP contribution in [0.25, 0.3) is 0 Å². The number of rotatable bonds is 4. The first-order valence-electron chi connectivity index (χ1n) is 5.72.